The van der Waals surface area contributed by atoms with E-state index < -0.39 is 5.54 Å². The maximum absolute atomic E-state index is 6.35. The van der Waals surface area contributed by atoms with Gasteiger partial charge in [-0.1, -0.05) is 29.6 Å². The van der Waals surface area contributed by atoms with Gasteiger partial charge in [0.25, 0.3) is 5.89 Å². The summed E-state index contributed by atoms with van der Waals surface area (Å²) in [6.45, 7) is 2.05. The number of hydrogen-bond donors (Lipinski definition) is 1. The lowest BCUT2D eigenvalue weighted by Crippen LogP contribution is -2.34. The Balaban J connectivity index is 0.00000147. The third-order valence-electron chi connectivity index (χ3n) is 3.72. The second-order valence-corrected chi connectivity index (χ2v) is 6.43. The molecule has 6 heteroatoms. The summed E-state index contributed by atoms with van der Waals surface area (Å²) < 4.78 is 6.53. The van der Waals surface area contributed by atoms with Crippen LogP contribution in [0.25, 0.3) is 11.5 Å². The van der Waals surface area contributed by atoms with Crippen molar-refractivity contribution in [3.05, 3.63) is 33.2 Å². The molecule has 0 amide bonds. The van der Waals surface area contributed by atoms with E-state index >= 15 is 0 Å². The van der Waals surface area contributed by atoms with Crippen molar-refractivity contribution >= 4 is 35.0 Å². The first-order valence-corrected chi connectivity index (χ1v) is 7.56. The fourth-order valence-corrected chi connectivity index (χ4v) is 3.13. The molecule has 20 heavy (non-hydrogen) atoms. The van der Waals surface area contributed by atoms with E-state index in [1.807, 2.05) is 0 Å². The molecule has 1 aromatic carbocycles. The molecule has 0 radical (unpaired) electrons. The molecular formula is C14H17ClIN3O. The van der Waals surface area contributed by atoms with E-state index in [1.54, 1.807) is 0 Å². The van der Waals surface area contributed by atoms with E-state index in [0.717, 1.165) is 34.8 Å². The molecule has 1 aliphatic carbocycles. The van der Waals surface area contributed by atoms with Gasteiger partial charge in [0.15, 0.2) is 5.82 Å². The van der Waals surface area contributed by atoms with Crippen LogP contribution >= 0.6 is 35.0 Å². The van der Waals surface area contributed by atoms with Gasteiger partial charge in [-0.05, 0) is 54.5 Å². The molecular weight excluding hydrogens is 389 g/mol. The Morgan fingerprint density at radius 3 is 2.70 bits per heavy atom. The molecule has 0 aliphatic heterocycles. The smallest absolute Gasteiger partial charge is 0.259 e. The Morgan fingerprint density at radius 1 is 1.30 bits per heavy atom. The first kappa shape index (κ1) is 15.7. The molecule has 4 nitrogen and oxygen atoms in total. The standard InChI is InChI=1S/C14H16IN3O.ClH/c1-9-4-5-11(15)10(8-9)12-17-13(18-19-12)14(16)6-2-3-7-14;/h4-5,8H,2-3,6-7,16H2,1H3;1H. The number of rotatable bonds is 2. The van der Waals surface area contributed by atoms with Crippen molar-refractivity contribution in [2.45, 2.75) is 38.1 Å². The minimum Gasteiger partial charge on any atom is -0.334 e. The van der Waals surface area contributed by atoms with Crippen molar-refractivity contribution in [2.24, 2.45) is 5.73 Å². The van der Waals surface area contributed by atoms with E-state index in [9.17, 15) is 0 Å². The predicted octanol–water partition coefficient (Wildman–Crippen LogP) is 3.80. The monoisotopic (exact) mass is 405 g/mol. The zero-order valence-electron chi connectivity index (χ0n) is 11.2. The fraction of sp³-hybridized carbons (Fsp3) is 0.429. The van der Waals surface area contributed by atoms with Crippen molar-refractivity contribution in [2.75, 3.05) is 0 Å². The molecule has 2 aromatic rings. The fourth-order valence-electron chi connectivity index (χ4n) is 2.57. The van der Waals surface area contributed by atoms with Gasteiger partial charge in [-0.15, -0.1) is 12.4 Å². The number of nitrogens with two attached hydrogens (primary N) is 1. The van der Waals surface area contributed by atoms with E-state index in [2.05, 4.69) is 57.9 Å². The molecule has 1 saturated carbocycles. The average Bonchev–Trinajstić information content (AvgIpc) is 3.02. The molecule has 1 fully saturated rings. The van der Waals surface area contributed by atoms with Gasteiger partial charge in [-0.3, -0.25) is 0 Å². The summed E-state index contributed by atoms with van der Waals surface area (Å²) in [5.41, 5.74) is 8.13. The number of aromatic nitrogens is 2. The van der Waals surface area contributed by atoms with Gasteiger partial charge in [0, 0.05) is 3.57 Å². The molecule has 0 unspecified atom stereocenters. The zero-order valence-corrected chi connectivity index (χ0v) is 14.2. The van der Waals surface area contributed by atoms with E-state index in [1.165, 1.54) is 5.56 Å². The van der Waals surface area contributed by atoms with E-state index in [-0.39, 0.29) is 12.4 Å². The molecule has 1 heterocycles. The van der Waals surface area contributed by atoms with Gasteiger partial charge in [0.1, 0.15) is 0 Å². The molecule has 2 N–H and O–H groups in total. The Bertz CT molecular complexity index is 608. The minimum absolute atomic E-state index is 0. The van der Waals surface area contributed by atoms with Gasteiger partial charge < -0.3 is 10.3 Å². The topological polar surface area (TPSA) is 64.9 Å². The molecule has 0 saturated heterocycles. The third kappa shape index (κ3) is 2.84. The zero-order chi connectivity index (χ0) is 13.5. The van der Waals surface area contributed by atoms with Crippen LogP contribution in [0.2, 0.25) is 0 Å². The summed E-state index contributed by atoms with van der Waals surface area (Å²) in [6.07, 6.45) is 4.17. The highest BCUT2D eigenvalue weighted by Crippen LogP contribution is 2.36. The summed E-state index contributed by atoms with van der Waals surface area (Å²) in [4.78, 5) is 4.53. The van der Waals surface area contributed by atoms with Crippen LogP contribution in [0.1, 0.15) is 37.1 Å². The summed E-state index contributed by atoms with van der Waals surface area (Å²) in [6, 6.07) is 6.20. The molecule has 0 spiro atoms. The van der Waals surface area contributed by atoms with Crippen LogP contribution in [0, 0.1) is 10.5 Å². The lowest BCUT2D eigenvalue weighted by Gasteiger charge is -2.17. The summed E-state index contributed by atoms with van der Waals surface area (Å²) in [7, 11) is 0. The molecule has 0 bridgehead atoms. The normalized spacial score (nSPS) is 16.9. The summed E-state index contributed by atoms with van der Waals surface area (Å²) in [5.74, 6) is 1.22. The first-order valence-electron chi connectivity index (χ1n) is 6.48. The van der Waals surface area contributed by atoms with Crippen molar-refractivity contribution < 1.29 is 4.52 Å². The van der Waals surface area contributed by atoms with E-state index in [0.29, 0.717) is 11.7 Å². The highest BCUT2D eigenvalue weighted by Gasteiger charge is 2.36. The van der Waals surface area contributed by atoms with Crippen LogP contribution in [0.3, 0.4) is 0 Å². The molecule has 3 rings (SSSR count). The minimum atomic E-state index is -0.392. The van der Waals surface area contributed by atoms with Gasteiger partial charge in [0.2, 0.25) is 0 Å². The summed E-state index contributed by atoms with van der Waals surface area (Å²) >= 11 is 2.28. The lowest BCUT2D eigenvalue weighted by atomic mass is 9.98. The Morgan fingerprint density at radius 2 is 2.00 bits per heavy atom. The largest absolute Gasteiger partial charge is 0.334 e. The van der Waals surface area contributed by atoms with Crippen LogP contribution in [0.4, 0.5) is 0 Å². The SMILES string of the molecule is Cc1ccc(I)c(-c2nc(C3(N)CCCC3)no2)c1.Cl. The molecule has 1 aliphatic rings. The number of aryl methyl sites for hydroxylation is 1. The maximum Gasteiger partial charge on any atom is 0.259 e. The Kier molecular flexibility index (Phi) is 4.71. The first-order chi connectivity index (χ1) is 9.08. The van der Waals surface area contributed by atoms with Crippen LogP contribution in [-0.4, -0.2) is 10.1 Å². The Hall–Kier alpha value is -0.660. The molecule has 1 aromatic heterocycles. The average molecular weight is 406 g/mol. The lowest BCUT2D eigenvalue weighted by molar-refractivity contribution is 0.372. The van der Waals surface area contributed by atoms with Crippen molar-refractivity contribution in [1.29, 1.82) is 0 Å². The Labute approximate surface area is 138 Å². The van der Waals surface area contributed by atoms with Gasteiger partial charge >= 0.3 is 0 Å². The number of nitrogens with zero attached hydrogens (tertiary/aromatic N) is 2. The third-order valence-corrected chi connectivity index (χ3v) is 4.66. The summed E-state index contributed by atoms with van der Waals surface area (Å²) in [5, 5.41) is 4.10. The van der Waals surface area contributed by atoms with Gasteiger partial charge in [-0.2, -0.15) is 4.98 Å². The predicted molar refractivity (Wildman–Crippen MR) is 88.8 cm³/mol. The number of hydrogen-bond acceptors (Lipinski definition) is 4. The molecule has 0 atom stereocenters. The van der Waals surface area contributed by atoms with Crippen molar-refractivity contribution in [1.82, 2.24) is 10.1 Å². The van der Waals surface area contributed by atoms with Gasteiger partial charge in [-0.25, -0.2) is 0 Å². The number of benzene rings is 1. The van der Waals surface area contributed by atoms with E-state index in [4.69, 9.17) is 10.3 Å². The second-order valence-electron chi connectivity index (χ2n) is 5.27. The quantitative estimate of drug-likeness (QED) is 0.772. The number of halogens is 2. The molecule has 108 valence electrons. The highest BCUT2D eigenvalue weighted by atomic mass is 127. The van der Waals surface area contributed by atoms with Gasteiger partial charge in [0.05, 0.1) is 11.1 Å². The maximum atomic E-state index is 6.35. The highest BCUT2D eigenvalue weighted by molar-refractivity contribution is 14.1. The van der Waals surface area contributed by atoms with Crippen LogP contribution < -0.4 is 5.73 Å². The van der Waals surface area contributed by atoms with Crippen molar-refractivity contribution in [3.8, 4) is 11.5 Å². The van der Waals surface area contributed by atoms with Crippen LogP contribution in [-0.2, 0) is 5.54 Å². The van der Waals surface area contributed by atoms with Crippen molar-refractivity contribution in [3.63, 3.8) is 0 Å². The van der Waals surface area contributed by atoms with Crippen LogP contribution in [0.15, 0.2) is 22.7 Å². The second kappa shape index (κ2) is 5.99. The van der Waals surface area contributed by atoms with Crippen LogP contribution in [0.5, 0.6) is 0 Å².